The molecule has 2 aromatic rings. The average Bonchev–Trinajstić information content (AvgIpc) is 3.29. The molecular weight excluding hydrogens is 519 g/mol. The number of halogens is 1. The molecule has 8 nitrogen and oxygen atoms in total. The Bertz CT molecular complexity index is 790. The van der Waals surface area contributed by atoms with Crippen molar-refractivity contribution in [3.63, 3.8) is 0 Å². The van der Waals surface area contributed by atoms with Crippen molar-refractivity contribution in [2.45, 2.75) is 13.0 Å². The van der Waals surface area contributed by atoms with E-state index in [1.165, 1.54) is 11.3 Å². The highest BCUT2D eigenvalue weighted by atomic mass is 127. The van der Waals surface area contributed by atoms with Crippen LogP contribution in [0.5, 0.6) is 17.2 Å². The number of rotatable bonds is 10. The quantitative estimate of drug-likeness (QED) is 0.183. The maximum absolute atomic E-state index is 11.9. The monoisotopic (exact) mass is 548 g/mol. The van der Waals surface area contributed by atoms with Crippen molar-refractivity contribution < 1.29 is 19.0 Å². The lowest BCUT2D eigenvalue weighted by Gasteiger charge is -2.16. The van der Waals surface area contributed by atoms with Crippen LogP contribution in [0.1, 0.15) is 21.7 Å². The fourth-order valence-electron chi connectivity index (χ4n) is 2.64. The average molecular weight is 548 g/mol. The zero-order valence-electron chi connectivity index (χ0n) is 17.6. The maximum atomic E-state index is 11.9. The number of amides is 1. The predicted octanol–water partition coefficient (Wildman–Crippen LogP) is 2.88. The van der Waals surface area contributed by atoms with E-state index in [0.717, 1.165) is 16.9 Å². The van der Waals surface area contributed by atoms with E-state index in [4.69, 9.17) is 14.2 Å². The van der Waals surface area contributed by atoms with E-state index in [2.05, 4.69) is 20.9 Å². The number of nitrogens with one attached hydrogen (secondary N) is 3. The molecule has 1 heterocycles. The number of ether oxygens (including phenoxy) is 3. The maximum Gasteiger partial charge on any atom is 0.261 e. The predicted molar refractivity (Wildman–Crippen MR) is 131 cm³/mol. The number of guanidine groups is 1. The highest BCUT2D eigenvalue weighted by molar-refractivity contribution is 14.0. The van der Waals surface area contributed by atoms with Crippen molar-refractivity contribution in [3.05, 3.63) is 40.1 Å². The topological polar surface area (TPSA) is 93.2 Å². The molecule has 0 bridgehead atoms. The van der Waals surface area contributed by atoms with Crippen LogP contribution in [0.25, 0.3) is 0 Å². The van der Waals surface area contributed by atoms with Crippen molar-refractivity contribution in [2.24, 2.45) is 4.99 Å². The molecule has 0 fully saturated rings. The molecule has 1 amide bonds. The molecule has 10 heteroatoms. The van der Waals surface area contributed by atoms with Gasteiger partial charge in [0, 0.05) is 26.7 Å². The highest BCUT2D eigenvalue weighted by Crippen LogP contribution is 2.38. The Morgan fingerprint density at radius 3 is 2.23 bits per heavy atom. The van der Waals surface area contributed by atoms with Gasteiger partial charge in [-0.3, -0.25) is 9.79 Å². The van der Waals surface area contributed by atoms with Gasteiger partial charge in [-0.05, 0) is 35.6 Å². The molecular formula is C20H29IN4O4S. The van der Waals surface area contributed by atoms with Crippen LogP contribution in [0, 0.1) is 0 Å². The number of methoxy groups -OCH3 is 3. The summed E-state index contributed by atoms with van der Waals surface area (Å²) >= 11 is 1.43. The molecule has 0 unspecified atom stereocenters. The van der Waals surface area contributed by atoms with E-state index in [1.807, 2.05) is 29.6 Å². The molecule has 0 saturated carbocycles. The molecule has 0 aliphatic heterocycles. The number of carbonyl (C=O) groups is 1. The smallest absolute Gasteiger partial charge is 0.261 e. The summed E-state index contributed by atoms with van der Waals surface area (Å²) in [5, 5.41) is 11.3. The zero-order chi connectivity index (χ0) is 21.1. The Balaban J connectivity index is 0.00000450. The first kappa shape index (κ1) is 25.8. The third-order valence-corrected chi connectivity index (χ3v) is 4.95. The number of hydrogen-bond acceptors (Lipinski definition) is 6. The minimum atomic E-state index is -0.0371. The van der Waals surface area contributed by atoms with E-state index in [1.54, 1.807) is 28.4 Å². The molecule has 1 aromatic heterocycles. The van der Waals surface area contributed by atoms with Crippen LogP contribution in [0.3, 0.4) is 0 Å². The first-order chi connectivity index (χ1) is 14.1. The Hall–Kier alpha value is -2.21. The highest BCUT2D eigenvalue weighted by Gasteiger charge is 2.13. The van der Waals surface area contributed by atoms with Gasteiger partial charge in [-0.2, -0.15) is 0 Å². The van der Waals surface area contributed by atoms with Crippen LogP contribution in [-0.2, 0) is 6.54 Å². The number of hydrogen-bond donors (Lipinski definition) is 3. The van der Waals surface area contributed by atoms with Crippen molar-refractivity contribution in [3.8, 4) is 17.2 Å². The van der Waals surface area contributed by atoms with Crippen LogP contribution in [0.15, 0.2) is 34.6 Å². The van der Waals surface area contributed by atoms with Crippen molar-refractivity contribution >= 4 is 47.2 Å². The van der Waals surface area contributed by atoms with Gasteiger partial charge in [-0.15, -0.1) is 35.3 Å². The Kier molecular flexibility index (Phi) is 12.0. The Morgan fingerprint density at radius 1 is 1.03 bits per heavy atom. The summed E-state index contributed by atoms with van der Waals surface area (Å²) in [6.45, 7) is 1.80. The van der Waals surface area contributed by atoms with Crippen molar-refractivity contribution in [2.75, 3.05) is 41.5 Å². The van der Waals surface area contributed by atoms with E-state index < -0.39 is 0 Å². The molecule has 2 rings (SSSR count). The summed E-state index contributed by atoms with van der Waals surface area (Å²) in [5.41, 5.74) is 0.964. The molecule has 1 aromatic carbocycles. The number of thiophene rings is 1. The number of benzene rings is 1. The molecule has 0 saturated heterocycles. The third kappa shape index (κ3) is 7.56. The van der Waals surface area contributed by atoms with Gasteiger partial charge in [0.25, 0.3) is 5.91 Å². The summed E-state index contributed by atoms with van der Waals surface area (Å²) in [6, 6.07) is 7.46. The second-order valence-electron chi connectivity index (χ2n) is 5.97. The number of aliphatic imine (C=N–C) groups is 1. The van der Waals surface area contributed by atoms with E-state index in [-0.39, 0.29) is 29.9 Å². The van der Waals surface area contributed by atoms with E-state index in [0.29, 0.717) is 42.8 Å². The lowest BCUT2D eigenvalue weighted by atomic mass is 10.2. The summed E-state index contributed by atoms with van der Waals surface area (Å²) in [6.07, 6.45) is 0.780. The van der Waals surface area contributed by atoms with Gasteiger partial charge >= 0.3 is 0 Å². The summed E-state index contributed by atoms with van der Waals surface area (Å²) in [7, 11) is 6.47. The van der Waals surface area contributed by atoms with Gasteiger partial charge in [0.05, 0.1) is 26.2 Å². The van der Waals surface area contributed by atoms with Crippen LogP contribution in [0.2, 0.25) is 0 Å². The molecule has 0 aliphatic rings. The normalized spacial score (nSPS) is 10.6. The fraction of sp³-hybridized carbons (Fsp3) is 0.400. The molecule has 0 atom stereocenters. The van der Waals surface area contributed by atoms with Crippen LogP contribution >= 0.6 is 35.3 Å². The van der Waals surface area contributed by atoms with Crippen LogP contribution in [0.4, 0.5) is 0 Å². The summed E-state index contributed by atoms with van der Waals surface area (Å²) in [5.74, 6) is 2.40. The fourth-order valence-corrected chi connectivity index (χ4v) is 3.28. The lowest BCUT2D eigenvalue weighted by Crippen LogP contribution is -2.38. The first-order valence-electron chi connectivity index (χ1n) is 9.18. The molecule has 0 radical (unpaired) electrons. The van der Waals surface area contributed by atoms with Gasteiger partial charge in [0.15, 0.2) is 17.5 Å². The summed E-state index contributed by atoms with van der Waals surface area (Å²) in [4.78, 5) is 16.8. The lowest BCUT2D eigenvalue weighted by molar-refractivity contribution is 0.0957. The van der Waals surface area contributed by atoms with Gasteiger partial charge in [0.2, 0.25) is 5.75 Å². The molecule has 30 heavy (non-hydrogen) atoms. The minimum absolute atomic E-state index is 0. The SMILES string of the molecule is CN=C(NCCCNC(=O)c1cccs1)NCc1cc(OC)c(OC)c(OC)c1.I. The largest absolute Gasteiger partial charge is 0.493 e. The molecule has 166 valence electrons. The van der Waals surface area contributed by atoms with E-state index in [9.17, 15) is 4.79 Å². The van der Waals surface area contributed by atoms with Gasteiger partial charge in [-0.25, -0.2) is 0 Å². The molecule has 0 aliphatic carbocycles. The van der Waals surface area contributed by atoms with Crippen LogP contribution in [-0.4, -0.2) is 53.3 Å². The first-order valence-corrected chi connectivity index (χ1v) is 10.1. The second-order valence-corrected chi connectivity index (χ2v) is 6.92. The standard InChI is InChI=1S/C20H28N4O4S.HI/c1-21-20(23-9-6-8-22-19(25)17-7-5-10-29-17)24-13-14-11-15(26-2)18(28-4)16(12-14)27-3;/h5,7,10-12H,6,8-9,13H2,1-4H3,(H,22,25)(H2,21,23,24);1H. The van der Waals surface area contributed by atoms with Gasteiger partial charge in [0.1, 0.15) is 0 Å². The molecule has 3 N–H and O–H groups in total. The third-order valence-electron chi connectivity index (χ3n) is 4.08. The van der Waals surface area contributed by atoms with Crippen molar-refractivity contribution in [1.82, 2.24) is 16.0 Å². The Morgan fingerprint density at radius 2 is 1.70 bits per heavy atom. The molecule has 0 spiro atoms. The second kappa shape index (κ2) is 13.9. The zero-order valence-corrected chi connectivity index (χ0v) is 20.8. The van der Waals surface area contributed by atoms with Gasteiger partial charge < -0.3 is 30.2 Å². The van der Waals surface area contributed by atoms with Gasteiger partial charge in [-0.1, -0.05) is 6.07 Å². The van der Waals surface area contributed by atoms with Crippen LogP contribution < -0.4 is 30.2 Å². The minimum Gasteiger partial charge on any atom is -0.493 e. The number of carbonyl (C=O) groups excluding carboxylic acids is 1. The van der Waals surface area contributed by atoms with E-state index >= 15 is 0 Å². The summed E-state index contributed by atoms with van der Waals surface area (Å²) < 4.78 is 16.1. The Labute approximate surface area is 198 Å². The van der Waals surface area contributed by atoms with Crippen molar-refractivity contribution in [1.29, 1.82) is 0 Å². The number of nitrogens with zero attached hydrogens (tertiary/aromatic N) is 1.